The van der Waals surface area contributed by atoms with Gasteiger partial charge in [-0.15, -0.1) is 0 Å². The van der Waals surface area contributed by atoms with Gasteiger partial charge in [0.1, 0.15) is 0 Å². The Morgan fingerprint density at radius 2 is 1.18 bits per heavy atom. The van der Waals surface area contributed by atoms with Crippen LogP contribution in [-0.2, 0) is 6.42 Å². The van der Waals surface area contributed by atoms with Crippen molar-refractivity contribution in [3.63, 3.8) is 0 Å². The van der Waals surface area contributed by atoms with E-state index in [1.165, 1.54) is 76.8 Å². The monoisotopic (exact) mass is 560 g/mol. The van der Waals surface area contributed by atoms with Gasteiger partial charge in [-0.3, -0.25) is 0 Å². The lowest BCUT2D eigenvalue weighted by molar-refractivity contribution is 1.19. The first kappa shape index (κ1) is 26.2. The van der Waals surface area contributed by atoms with Crippen molar-refractivity contribution in [2.75, 3.05) is 0 Å². The van der Waals surface area contributed by atoms with Gasteiger partial charge in [0.15, 0.2) is 0 Å². The maximum Gasteiger partial charge on any atom is -0.00135 e. The van der Waals surface area contributed by atoms with Crippen molar-refractivity contribution in [1.82, 2.24) is 0 Å². The first-order valence-electron chi connectivity index (χ1n) is 15.5. The lowest BCUT2D eigenvalue weighted by Gasteiger charge is -2.21. The minimum absolute atomic E-state index is 0.876. The predicted octanol–water partition coefficient (Wildman–Crippen LogP) is 11.7. The van der Waals surface area contributed by atoms with E-state index in [9.17, 15) is 0 Å². The van der Waals surface area contributed by atoms with Gasteiger partial charge >= 0.3 is 0 Å². The molecule has 0 N–H and O–H groups in total. The molecule has 0 saturated carbocycles. The van der Waals surface area contributed by atoms with Gasteiger partial charge in [0, 0.05) is 0 Å². The van der Waals surface area contributed by atoms with Crippen LogP contribution in [0.4, 0.5) is 0 Å². The fraction of sp³-hybridized carbons (Fsp3) is 0.0455. The van der Waals surface area contributed by atoms with Gasteiger partial charge in [0.05, 0.1) is 0 Å². The van der Waals surface area contributed by atoms with Crippen molar-refractivity contribution in [2.45, 2.75) is 12.8 Å². The van der Waals surface area contributed by atoms with Crippen LogP contribution in [0, 0.1) is 0 Å². The van der Waals surface area contributed by atoms with Crippen LogP contribution in [0.15, 0.2) is 175 Å². The smallest absolute Gasteiger partial charge is 0.00135 e. The molecule has 1 aliphatic rings. The van der Waals surface area contributed by atoms with Crippen molar-refractivity contribution in [3.8, 4) is 11.1 Å². The third-order valence-corrected chi connectivity index (χ3v) is 9.00. The molecule has 0 spiro atoms. The van der Waals surface area contributed by atoms with E-state index < -0.39 is 0 Å². The Bertz CT molecular complexity index is 2270. The number of hydrogen-bond donors (Lipinski definition) is 0. The third kappa shape index (κ3) is 4.75. The largest absolute Gasteiger partial charge is 0.0801 e. The summed E-state index contributed by atoms with van der Waals surface area (Å²) >= 11 is 0. The molecule has 0 radical (unpaired) electrons. The molecule has 0 fully saturated rings. The van der Waals surface area contributed by atoms with E-state index in [1.807, 2.05) is 0 Å². The van der Waals surface area contributed by atoms with Crippen LogP contribution in [0.25, 0.3) is 49.0 Å². The zero-order valence-corrected chi connectivity index (χ0v) is 24.6. The molecule has 0 aliphatic heterocycles. The molecule has 208 valence electrons. The number of benzene rings is 7. The van der Waals surface area contributed by atoms with Crippen LogP contribution >= 0.6 is 0 Å². The summed E-state index contributed by atoms with van der Waals surface area (Å²) in [5.74, 6) is 0. The molecule has 0 aromatic heterocycles. The van der Waals surface area contributed by atoms with E-state index in [2.05, 4.69) is 170 Å². The van der Waals surface area contributed by atoms with Crippen molar-refractivity contribution < 1.29 is 0 Å². The molecular formula is C44H32. The average molecular weight is 561 g/mol. The molecule has 0 unspecified atom stereocenters. The van der Waals surface area contributed by atoms with E-state index >= 15 is 0 Å². The second-order valence-electron chi connectivity index (χ2n) is 11.6. The van der Waals surface area contributed by atoms with Crippen LogP contribution < -0.4 is 0 Å². The highest BCUT2D eigenvalue weighted by Crippen LogP contribution is 2.40. The molecule has 0 heterocycles. The van der Waals surface area contributed by atoms with Gasteiger partial charge in [0.2, 0.25) is 0 Å². The maximum atomic E-state index is 2.36. The minimum atomic E-state index is 0.876. The molecule has 0 nitrogen and oxygen atoms in total. The Balaban J connectivity index is 1.32. The highest BCUT2D eigenvalue weighted by molar-refractivity contribution is 6.06. The fourth-order valence-electron chi connectivity index (χ4n) is 6.89. The highest BCUT2D eigenvalue weighted by atomic mass is 14.2. The zero-order chi connectivity index (χ0) is 29.3. The minimum Gasteiger partial charge on any atom is -0.0801 e. The molecule has 0 amide bonds. The lowest BCUT2D eigenvalue weighted by Crippen LogP contribution is -2.02. The topological polar surface area (TPSA) is 0 Å². The van der Waals surface area contributed by atoms with Crippen LogP contribution in [0.2, 0.25) is 0 Å². The first-order valence-corrected chi connectivity index (χ1v) is 15.5. The van der Waals surface area contributed by atoms with Crippen molar-refractivity contribution in [1.29, 1.82) is 0 Å². The van der Waals surface area contributed by atoms with Crippen LogP contribution in [0.3, 0.4) is 0 Å². The average Bonchev–Trinajstić information content (AvgIpc) is 3.09. The molecule has 1 aliphatic carbocycles. The van der Waals surface area contributed by atoms with E-state index in [-0.39, 0.29) is 0 Å². The summed E-state index contributed by atoms with van der Waals surface area (Å²) in [6.07, 6.45) is 10.7. The van der Waals surface area contributed by atoms with Crippen LogP contribution in [0.5, 0.6) is 0 Å². The molecule has 0 bridgehead atoms. The maximum absolute atomic E-state index is 2.36. The Morgan fingerprint density at radius 3 is 2.05 bits per heavy atom. The Morgan fingerprint density at radius 1 is 0.477 bits per heavy atom. The summed E-state index contributed by atoms with van der Waals surface area (Å²) in [6.45, 7) is 0. The molecule has 0 atom stereocenters. The SMILES string of the molecule is C1=CC/C(=C(\c2ccccc2Cc2cccc3ccccc23)c2ccc(-c3ccc4ccccc4c3)c3ccccc23)C=C1. The number of rotatable bonds is 5. The molecular weight excluding hydrogens is 528 g/mol. The van der Waals surface area contributed by atoms with Crippen LogP contribution in [0.1, 0.15) is 28.7 Å². The quantitative estimate of drug-likeness (QED) is 0.196. The van der Waals surface area contributed by atoms with Gasteiger partial charge in [-0.2, -0.15) is 0 Å². The molecule has 0 heteroatoms. The van der Waals surface area contributed by atoms with Gasteiger partial charge in [-0.1, -0.05) is 164 Å². The van der Waals surface area contributed by atoms with E-state index in [1.54, 1.807) is 0 Å². The van der Waals surface area contributed by atoms with E-state index in [0.29, 0.717) is 0 Å². The summed E-state index contributed by atoms with van der Waals surface area (Å²) in [5.41, 5.74) is 10.5. The molecule has 7 aromatic carbocycles. The van der Waals surface area contributed by atoms with Crippen molar-refractivity contribution in [2.24, 2.45) is 0 Å². The third-order valence-electron chi connectivity index (χ3n) is 9.00. The summed E-state index contributed by atoms with van der Waals surface area (Å²) in [7, 11) is 0. The molecule has 0 saturated heterocycles. The highest BCUT2D eigenvalue weighted by Gasteiger charge is 2.19. The standard InChI is InChI=1S/C44H32/c1-2-15-33(16-3-1)44(40-22-9-7-18-36(40)30-35-20-12-19-32-14-6-8-21-38(32)35)43-28-27-39(41-23-10-11-24-42(41)43)37-26-25-31-13-4-5-17-34(31)29-37/h1-15,17-29H,16,30H2/b44-33+. The fourth-order valence-corrected chi connectivity index (χ4v) is 6.89. The van der Waals surface area contributed by atoms with Gasteiger partial charge in [-0.05, 0) is 95.8 Å². The van der Waals surface area contributed by atoms with Crippen LogP contribution in [-0.4, -0.2) is 0 Å². The van der Waals surface area contributed by atoms with Crippen molar-refractivity contribution in [3.05, 3.63) is 198 Å². The number of fused-ring (bicyclic) bond motifs is 3. The second kappa shape index (κ2) is 11.3. The Hall–Kier alpha value is -5.46. The van der Waals surface area contributed by atoms with Crippen molar-refractivity contribution >= 4 is 37.9 Å². The number of hydrogen-bond acceptors (Lipinski definition) is 0. The normalized spacial score (nSPS) is 14.0. The first-order chi connectivity index (χ1) is 21.8. The van der Waals surface area contributed by atoms with Gasteiger partial charge in [-0.25, -0.2) is 0 Å². The molecule has 7 aromatic rings. The lowest BCUT2D eigenvalue weighted by atomic mass is 9.82. The summed E-state index contributed by atoms with van der Waals surface area (Å²) < 4.78 is 0. The van der Waals surface area contributed by atoms with Gasteiger partial charge in [0.25, 0.3) is 0 Å². The summed E-state index contributed by atoms with van der Waals surface area (Å²) in [6, 6.07) is 53.5. The number of allylic oxidation sites excluding steroid dienone is 5. The van der Waals surface area contributed by atoms with E-state index in [4.69, 9.17) is 0 Å². The Kier molecular flexibility index (Phi) is 6.74. The second-order valence-corrected chi connectivity index (χ2v) is 11.6. The zero-order valence-electron chi connectivity index (χ0n) is 24.6. The summed E-state index contributed by atoms with van der Waals surface area (Å²) in [4.78, 5) is 0. The summed E-state index contributed by atoms with van der Waals surface area (Å²) in [5, 5.41) is 7.71. The predicted molar refractivity (Wildman–Crippen MR) is 189 cm³/mol. The van der Waals surface area contributed by atoms with E-state index in [0.717, 1.165) is 12.8 Å². The molecule has 44 heavy (non-hydrogen) atoms. The van der Waals surface area contributed by atoms with Gasteiger partial charge < -0.3 is 0 Å². The molecule has 8 rings (SSSR count). The Labute approximate surface area is 258 Å².